The Balaban J connectivity index is 1.82. The number of amides is 1. The number of hydrogen-bond donors (Lipinski definition) is 2. The van der Waals surface area contributed by atoms with Gasteiger partial charge in [-0.2, -0.15) is 0 Å². The Kier molecular flexibility index (Phi) is 5.00. The molecule has 4 heteroatoms. The van der Waals surface area contributed by atoms with E-state index in [9.17, 15) is 14.7 Å². The van der Waals surface area contributed by atoms with Crippen molar-refractivity contribution in [3.05, 3.63) is 12.2 Å². The van der Waals surface area contributed by atoms with Gasteiger partial charge in [0.05, 0.1) is 5.92 Å². The highest BCUT2D eigenvalue weighted by Crippen LogP contribution is 2.30. The van der Waals surface area contributed by atoms with Gasteiger partial charge in [-0.05, 0) is 31.6 Å². The molecule has 0 aromatic carbocycles. The molecule has 1 saturated carbocycles. The molecule has 19 heavy (non-hydrogen) atoms. The normalized spacial score (nSPS) is 22.3. The maximum absolute atomic E-state index is 11.9. The fourth-order valence-electron chi connectivity index (χ4n) is 3.18. The van der Waals surface area contributed by atoms with Gasteiger partial charge >= 0.3 is 5.97 Å². The van der Waals surface area contributed by atoms with Crippen LogP contribution in [0.2, 0.25) is 0 Å². The number of carboxylic acid groups (broad SMARTS) is 1. The zero-order valence-electron chi connectivity index (χ0n) is 11.3. The molecule has 4 nitrogen and oxygen atoms in total. The molecule has 0 radical (unpaired) electrons. The van der Waals surface area contributed by atoms with Gasteiger partial charge in [-0.3, -0.25) is 9.59 Å². The van der Waals surface area contributed by atoms with Crippen LogP contribution in [-0.2, 0) is 9.59 Å². The SMILES string of the molecule is O=C(NC[C@H](C(=O)O)C1CCCCC1)C1CC=CC1. The van der Waals surface area contributed by atoms with Crippen molar-refractivity contribution in [3.63, 3.8) is 0 Å². The molecule has 0 spiro atoms. The van der Waals surface area contributed by atoms with Gasteiger partial charge in [0.1, 0.15) is 0 Å². The smallest absolute Gasteiger partial charge is 0.308 e. The van der Waals surface area contributed by atoms with E-state index in [0.29, 0.717) is 0 Å². The first kappa shape index (κ1) is 14.1. The largest absolute Gasteiger partial charge is 0.481 e. The van der Waals surface area contributed by atoms with E-state index in [0.717, 1.165) is 38.5 Å². The molecule has 1 amide bonds. The molecule has 0 aromatic rings. The molecule has 2 aliphatic rings. The lowest BCUT2D eigenvalue weighted by molar-refractivity contribution is -0.144. The summed E-state index contributed by atoms with van der Waals surface area (Å²) in [7, 11) is 0. The van der Waals surface area contributed by atoms with Gasteiger partial charge in [0.2, 0.25) is 5.91 Å². The number of carbonyl (C=O) groups is 2. The predicted molar refractivity (Wildman–Crippen MR) is 72.6 cm³/mol. The summed E-state index contributed by atoms with van der Waals surface area (Å²) in [4.78, 5) is 23.3. The van der Waals surface area contributed by atoms with Crippen molar-refractivity contribution in [2.75, 3.05) is 6.54 Å². The van der Waals surface area contributed by atoms with Gasteiger partial charge in [0.25, 0.3) is 0 Å². The number of carboxylic acids is 1. The van der Waals surface area contributed by atoms with Crippen LogP contribution in [0.3, 0.4) is 0 Å². The molecule has 2 aliphatic carbocycles. The summed E-state index contributed by atoms with van der Waals surface area (Å²) in [6.07, 6.45) is 11.0. The van der Waals surface area contributed by atoms with Crippen molar-refractivity contribution in [2.24, 2.45) is 17.8 Å². The minimum absolute atomic E-state index is 0.00654. The molecule has 0 bridgehead atoms. The van der Waals surface area contributed by atoms with Gasteiger partial charge in [-0.1, -0.05) is 31.4 Å². The average molecular weight is 265 g/mol. The van der Waals surface area contributed by atoms with Gasteiger partial charge in [-0.25, -0.2) is 0 Å². The minimum atomic E-state index is -0.767. The number of carbonyl (C=O) groups excluding carboxylic acids is 1. The summed E-state index contributed by atoms with van der Waals surface area (Å²) in [6, 6.07) is 0. The summed E-state index contributed by atoms with van der Waals surface area (Å²) >= 11 is 0. The fourth-order valence-corrected chi connectivity index (χ4v) is 3.18. The molecule has 0 unspecified atom stereocenters. The maximum atomic E-state index is 11.9. The third kappa shape index (κ3) is 3.82. The summed E-state index contributed by atoms with van der Waals surface area (Å²) in [5.74, 6) is -0.934. The Morgan fingerprint density at radius 2 is 1.79 bits per heavy atom. The second-order valence-electron chi connectivity index (χ2n) is 5.73. The van der Waals surface area contributed by atoms with E-state index in [1.54, 1.807) is 0 Å². The van der Waals surface area contributed by atoms with Crippen molar-refractivity contribution >= 4 is 11.9 Å². The van der Waals surface area contributed by atoms with E-state index in [2.05, 4.69) is 5.32 Å². The van der Waals surface area contributed by atoms with E-state index in [4.69, 9.17) is 0 Å². The van der Waals surface area contributed by atoms with E-state index in [-0.39, 0.29) is 24.3 Å². The third-order valence-electron chi connectivity index (χ3n) is 4.41. The summed E-state index contributed by atoms with van der Waals surface area (Å²) < 4.78 is 0. The second kappa shape index (κ2) is 6.73. The topological polar surface area (TPSA) is 66.4 Å². The van der Waals surface area contributed by atoms with Crippen LogP contribution in [0.5, 0.6) is 0 Å². The van der Waals surface area contributed by atoms with E-state index >= 15 is 0 Å². The van der Waals surface area contributed by atoms with Crippen LogP contribution in [0, 0.1) is 17.8 Å². The van der Waals surface area contributed by atoms with E-state index in [1.165, 1.54) is 6.42 Å². The van der Waals surface area contributed by atoms with Crippen molar-refractivity contribution in [2.45, 2.75) is 44.9 Å². The maximum Gasteiger partial charge on any atom is 0.308 e. The molecule has 1 fully saturated rings. The highest BCUT2D eigenvalue weighted by molar-refractivity contribution is 5.80. The van der Waals surface area contributed by atoms with Crippen LogP contribution in [-0.4, -0.2) is 23.5 Å². The Labute approximate surface area is 114 Å². The van der Waals surface area contributed by atoms with Gasteiger partial charge in [0, 0.05) is 12.5 Å². The number of rotatable bonds is 5. The number of aliphatic carboxylic acids is 1. The Morgan fingerprint density at radius 1 is 1.16 bits per heavy atom. The lowest BCUT2D eigenvalue weighted by atomic mass is 9.80. The molecular weight excluding hydrogens is 242 g/mol. The molecular formula is C15H23NO3. The first-order valence-electron chi connectivity index (χ1n) is 7.34. The van der Waals surface area contributed by atoms with Crippen LogP contribution in [0.1, 0.15) is 44.9 Å². The monoisotopic (exact) mass is 265 g/mol. The molecule has 106 valence electrons. The van der Waals surface area contributed by atoms with E-state index in [1.807, 2.05) is 12.2 Å². The van der Waals surface area contributed by atoms with Gasteiger partial charge in [-0.15, -0.1) is 0 Å². The summed E-state index contributed by atoms with van der Waals surface area (Å²) in [5.41, 5.74) is 0. The van der Waals surface area contributed by atoms with Crippen molar-refractivity contribution in [1.29, 1.82) is 0 Å². The lowest BCUT2D eigenvalue weighted by Gasteiger charge is -2.27. The van der Waals surface area contributed by atoms with Gasteiger partial charge < -0.3 is 10.4 Å². The highest BCUT2D eigenvalue weighted by atomic mass is 16.4. The Hall–Kier alpha value is -1.32. The Bertz CT molecular complexity index is 350. The number of nitrogens with one attached hydrogen (secondary N) is 1. The molecule has 2 N–H and O–H groups in total. The average Bonchev–Trinajstić information content (AvgIpc) is 2.93. The first-order chi connectivity index (χ1) is 9.18. The standard InChI is InChI=1S/C15H23NO3/c17-14(12-8-4-5-9-12)16-10-13(15(18)19)11-6-2-1-3-7-11/h4-5,11-13H,1-3,6-10H2,(H,16,17)(H,18,19)/t13-/m0/s1. The quantitative estimate of drug-likeness (QED) is 0.750. The molecule has 0 saturated heterocycles. The van der Waals surface area contributed by atoms with Crippen molar-refractivity contribution in [3.8, 4) is 0 Å². The van der Waals surface area contributed by atoms with Crippen LogP contribution >= 0.6 is 0 Å². The highest BCUT2D eigenvalue weighted by Gasteiger charge is 2.30. The number of allylic oxidation sites excluding steroid dienone is 2. The first-order valence-corrected chi connectivity index (χ1v) is 7.34. The fraction of sp³-hybridized carbons (Fsp3) is 0.733. The lowest BCUT2D eigenvalue weighted by Crippen LogP contribution is -2.39. The number of hydrogen-bond acceptors (Lipinski definition) is 2. The van der Waals surface area contributed by atoms with Crippen molar-refractivity contribution < 1.29 is 14.7 Å². The molecule has 1 atom stereocenters. The summed E-state index contributed by atoms with van der Waals surface area (Å²) in [5, 5.41) is 12.2. The third-order valence-corrected chi connectivity index (χ3v) is 4.41. The Morgan fingerprint density at radius 3 is 2.37 bits per heavy atom. The van der Waals surface area contributed by atoms with Crippen LogP contribution in [0.15, 0.2) is 12.2 Å². The molecule has 0 aromatic heterocycles. The van der Waals surface area contributed by atoms with Crippen molar-refractivity contribution in [1.82, 2.24) is 5.32 Å². The van der Waals surface area contributed by atoms with Crippen LogP contribution < -0.4 is 5.32 Å². The predicted octanol–water partition coefficient (Wildman–Crippen LogP) is 2.35. The molecule has 0 aliphatic heterocycles. The minimum Gasteiger partial charge on any atom is -0.481 e. The second-order valence-corrected chi connectivity index (χ2v) is 5.73. The van der Waals surface area contributed by atoms with Gasteiger partial charge in [0.15, 0.2) is 0 Å². The molecule has 0 heterocycles. The van der Waals surface area contributed by atoms with Crippen LogP contribution in [0.25, 0.3) is 0 Å². The zero-order valence-corrected chi connectivity index (χ0v) is 11.3. The van der Waals surface area contributed by atoms with Crippen LogP contribution in [0.4, 0.5) is 0 Å². The summed E-state index contributed by atoms with van der Waals surface area (Å²) in [6.45, 7) is 0.287. The zero-order chi connectivity index (χ0) is 13.7. The van der Waals surface area contributed by atoms with E-state index < -0.39 is 11.9 Å². The molecule has 2 rings (SSSR count).